The van der Waals surface area contributed by atoms with Crippen molar-refractivity contribution in [3.05, 3.63) is 77.1 Å². The molecule has 0 aliphatic carbocycles. The van der Waals surface area contributed by atoms with Crippen LogP contribution in [0.25, 0.3) is 5.69 Å². The highest BCUT2D eigenvalue weighted by atomic mass is 19.1. The minimum absolute atomic E-state index is 0.297. The number of nitrogens with two attached hydrogens (primary N) is 1. The van der Waals surface area contributed by atoms with E-state index in [2.05, 4.69) is 15.2 Å². The Kier molecular flexibility index (Phi) is 3.66. The maximum Gasteiger partial charge on any atom is 0.159 e. The highest BCUT2D eigenvalue weighted by Crippen LogP contribution is 2.26. The van der Waals surface area contributed by atoms with E-state index in [1.54, 1.807) is 6.07 Å². The highest BCUT2D eigenvalue weighted by Gasteiger charge is 2.22. The molecule has 0 atom stereocenters. The number of aliphatic imine (C=N–C) groups is 1. The Balaban J connectivity index is 1.96. The fourth-order valence-corrected chi connectivity index (χ4v) is 3.00. The molecule has 0 saturated carbocycles. The Morgan fingerprint density at radius 3 is 2.71 bits per heavy atom. The van der Waals surface area contributed by atoms with E-state index >= 15 is 0 Å². The Labute approximate surface area is 138 Å². The maximum absolute atomic E-state index is 14.0. The minimum Gasteiger partial charge on any atom is -0.330 e. The Morgan fingerprint density at radius 2 is 1.92 bits per heavy atom. The second-order valence-corrected chi connectivity index (χ2v) is 5.60. The molecule has 0 saturated heterocycles. The van der Waals surface area contributed by atoms with Gasteiger partial charge in [-0.1, -0.05) is 30.3 Å². The van der Waals surface area contributed by atoms with Gasteiger partial charge in [0.1, 0.15) is 18.2 Å². The molecule has 1 aliphatic rings. The van der Waals surface area contributed by atoms with Crippen LogP contribution in [0.15, 0.2) is 53.5 Å². The molecule has 120 valence electrons. The molecule has 2 N–H and O–H groups in total. The van der Waals surface area contributed by atoms with Gasteiger partial charge in [-0.15, -0.1) is 10.2 Å². The topological polar surface area (TPSA) is 69.1 Å². The third-order valence-corrected chi connectivity index (χ3v) is 4.05. The smallest absolute Gasteiger partial charge is 0.159 e. The van der Waals surface area contributed by atoms with Crippen LogP contribution in [0.5, 0.6) is 0 Å². The standard InChI is InChI=1S/C18H16FN5/c19-13-6-7-15-14(10-13)18(12-4-2-1-3-5-12)21-11-17-23-22-16(8-9-20)24(15)17/h1-7,10H,8-9,11,20H2. The quantitative estimate of drug-likeness (QED) is 0.804. The van der Waals surface area contributed by atoms with Crippen LogP contribution in [0.3, 0.4) is 0 Å². The van der Waals surface area contributed by atoms with Crippen LogP contribution >= 0.6 is 0 Å². The maximum atomic E-state index is 14.0. The number of benzene rings is 2. The van der Waals surface area contributed by atoms with Gasteiger partial charge in [-0.3, -0.25) is 9.56 Å². The summed E-state index contributed by atoms with van der Waals surface area (Å²) in [6.07, 6.45) is 0.602. The fourth-order valence-electron chi connectivity index (χ4n) is 3.00. The van der Waals surface area contributed by atoms with E-state index in [1.165, 1.54) is 12.1 Å². The zero-order valence-corrected chi connectivity index (χ0v) is 13.0. The van der Waals surface area contributed by atoms with Crippen LogP contribution in [-0.4, -0.2) is 27.0 Å². The second kappa shape index (κ2) is 5.98. The van der Waals surface area contributed by atoms with Crippen molar-refractivity contribution in [2.45, 2.75) is 13.0 Å². The van der Waals surface area contributed by atoms with E-state index in [0.717, 1.165) is 34.2 Å². The summed E-state index contributed by atoms with van der Waals surface area (Å²) < 4.78 is 15.9. The predicted octanol–water partition coefficient (Wildman–Crippen LogP) is 2.26. The molecular weight excluding hydrogens is 305 g/mol. The van der Waals surface area contributed by atoms with E-state index in [1.807, 2.05) is 34.9 Å². The van der Waals surface area contributed by atoms with Crippen LogP contribution in [-0.2, 0) is 13.0 Å². The van der Waals surface area contributed by atoms with Gasteiger partial charge in [0.25, 0.3) is 0 Å². The number of nitrogens with zero attached hydrogens (tertiary/aromatic N) is 4. The molecule has 2 aromatic carbocycles. The summed E-state index contributed by atoms with van der Waals surface area (Å²) in [5.41, 5.74) is 8.96. The van der Waals surface area contributed by atoms with Gasteiger partial charge in [0.2, 0.25) is 0 Å². The molecule has 4 rings (SSSR count). The molecule has 6 heteroatoms. The third kappa shape index (κ3) is 2.41. The Morgan fingerprint density at radius 1 is 1.08 bits per heavy atom. The number of halogens is 1. The number of fused-ring (bicyclic) bond motifs is 3. The average molecular weight is 321 g/mol. The lowest BCUT2D eigenvalue weighted by Crippen LogP contribution is -2.13. The third-order valence-electron chi connectivity index (χ3n) is 4.05. The fraction of sp³-hybridized carbons (Fsp3) is 0.167. The van der Waals surface area contributed by atoms with E-state index in [9.17, 15) is 4.39 Å². The molecule has 0 unspecified atom stereocenters. The molecule has 1 aliphatic heterocycles. The number of hydrogen-bond donors (Lipinski definition) is 1. The normalized spacial score (nSPS) is 13.0. The van der Waals surface area contributed by atoms with Gasteiger partial charge in [0.05, 0.1) is 11.4 Å². The van der Waals surface area contributed by atoms with Gasteiger partial charge in [-0.05, 0) is 24.7 Å². The highest BCUT2D eigenvalue weighted by molar-refractivity contribution is 6.15. The lowest BCUT2D eigenvalue weighted by molar-refractivity contribution is 0.627. The molecule has 5 nitrogen and oxygen atoms in total. The minimum atomic E-state index is -0.297. The van der Waals surface area contributed by atoms with Crippen molar-refractivity contribution >= 4 is 5.71 Å². The van der Waals surface area contributed by atoms with Crippen molar-refractivity contribution < 1.29 is 4.39 Å². The Hall–Kier alpha value is -2.86. The van der Waals surface area contributed by atoms with Gasteiger partial charge in [-0.25, -0.2) is 4.39 Å². The van der Waals surface area contributed by atoms with Crippen LogP contribution in [0, 0.1) is 5.82 Å². The molecule has 24 heavy (non-hydrogen) atoms. The van der Waals surface area contributed by atoms with Crippen LogP contribution in [0.4, 0.5) is 4.39 Å². The summed E-state index contributed by atoms with van der Waals surface area (Å²) in [5, 5.41) is 8.46. The largest absolute Gasteiger partial charge is 0.330 e. The van der Waals surface area contributed by atoms with Crippen molar-refractivity contribution in [1.29, 1.82) is 0 Å². The molecule has 1 aromatic heterocycles. The summed E-state index contributed by atoms with van der Waals surface area (Å²) in [4.78, 5) is 4.69. The first-order valence-corrected chi connectivity index (χ1v) is 7.81. The predicted molar refractivity (Wildman–Crippen MR) is 89.9 cm³/mol. The lowest BCUT2D eigenvalue weighted by Gasteiger charge is -2.13. The number of rotatable bonds is 3. The zero-order chi connectivity index (χ0) is 16.5. The van der Waals surface area contributed by atoms with Crippen LogP contribution in [0.1, 0.15) is 22.8 Å². The first-order valence-electron chi connectivity index (χ1n) is 7.81. The molecule has 0 amide bonds. The lowest BCUT2D eigenvalue weighted by atomic mass is 10.0. The zero-order valence-electron chi connectivity index (χ0n) is 13.0. The molecule has 3 aromatic rings. The monoisotopic (exact) mass is 321 g/mol. The van der Waals surface area contributed by atoms with Gasteiger partial charge in [-0.2, -0.15) is 0 Å². The molecular formula is C18H16FN5. The van der Waals surface area contributed by atoms with Gasteiger partial charge >= 0.3 is 0 Å². The number of aromatic nitrogens is 3. The first-order chi connectivity index (χ1) is 11.8. The van der Waals surface area contributed by atoms with Crippen LogP contribution in [0.2, 0.25) is 0 Å². The molecule has 2 heterocycles. The van der Waals surface area contributed by atoms with Gasteiger partial charge in [0, 0.05) is 17.5 Å². The van der Waals surface area contributed by atoms with E-state index in [4.69, 9.17) is 5.73 Å². The van der Waals surface area contributed by atoms with Crippen molar-refractivity contribution in [2.24, 2.45) is 10.7 Å². The molecule has 0 bridgehead atoms. The van der Waals surface area contributed by atoms with E-state index in [0.29, 0.717) is 19.5 Å². The van der Waals surface area contributed by atoms with Crippen molar-refractivity contribution in [2.75, 3.05) is 6.54 Å². The van der Waals surface area contributed by atoms with Crippen molar-refractivity contribution in [1.82, 2.24) is 14.8 Å². The Bertz CT molecular complexity index is 914. The molecule has 0 fully saturated rings. The summed E-state index contributed by atoms with van der Waals surface area (Å²) in [5.74, 6) is 1.20. The summed E-state index contributed by atoms with van der Waals surface area (Å²) in [7, 11) is 0. The SMILES string of the molecule is NCCc1nnc2n1-c1ccc(F)cc1C(c1ccccc1)=NC2. The van der Waals surface area contributed by atoms with E-state index < -0.39 is 0 Å². The second-order valence-electron chi connectivity index (χ2n) is 5.60. The summed E-state index contributed by atoms with van der Waals surface area (Å²) in [6.45, 7) is 0.860. The summed E-state index contributed by atoms with van der Waals surface area (Å²) >= 11 is 0. The van der Waals surface area contributed by atoms with Gasteiger partial charge in [0.15, 0.2) is 5.82 Å². The molecule has 0 radical (unpaired) electrons. The molecule has 0 spiro atoms. The van der Waals surface area contributed by atoms with Crippen molar-refractivity contribution in [3.63, 3.8) is 0 Å². The summed E-state index contributed by atoms with van der Waals surface area (Å²) in [6, 6.07) is 14.5. The average Bonchev–Trinajstić information content (AvgIpc) is 2.92. The first kappa shape index (κ1) is 14.7. The van der Waals surface area contributed by atoms with Crippen LogP contribution < -0.4 is 5.73 Å². The van der Waals surface area contributed by atoms with Gasteiger partial charge < -0.3 is 5.73 Å². The number of hydrogen-bond acceptors (Lipinski definition) is 4. The van der Waals surface area contributed by atoms with E-state index in [-0.39, 0.29) is 5.82 Å². The van der Waals surface area contributed by atoms with Crippen molar-refractivity contribution in [3.8, 4) is 5.69 Å².